The van der Waals surface area contributed by atoms with Gasteiger partial charge in [-0.15, -0.1) is 0 Å². The zero-order chi connectivity index (χ0) is 15.5. The van der Waals surface area contributed by atoms with E-state index < -0.39 is 40.2 Å². The average Bonchev–Trinajstić information content (AvgIpc) is 2.45. The lowest BCUT2D eigenvalue weighted by molar-refractivity contribution is 0.0936. The Balaban J connectivity index is 2.94. The van der Waals surface area contributed by atoms with E-state index in [1.54, 1.807) is 0 Å². The van der Waals surface area contributed by atoms with Gasteiger partial charge in [0.25, 0.3) is 5.91 Å². The van der Waals surface area contributed by atoms with Crippen LogP contribution in [0.25, 0.3) is 0 Å². The van der Waals surface area contributed by atoms with Crippen LogP contribution in [0.5, 0.6) is 5.75 Å². The van der Waals surface area contributed by atoms with Gasteiger partial charge < -0.3 is 16.2 Å². The van der Waals surface area contributed by atoms with Crippen LogP contribution in [0.3, 0.4) is 0 Å². The van der Waals surface area contributed by atoms with Crippen molar-refractivity contribution in [2.75, 3.05) is 6.54 Å². The van der Waals surface area contributed by atoms with Crippen LogP contribution in [0.2, 0.25) is 0 Å². The van der Waals surface area contributed by atoms with Crippen LogP contribution in [0.1, 0.15) is 37.0 Å². The summed E-state index contributed by atoms with van der Waals surface area (Å²) < 4.78 is 39.5. The van der Waals surface area contributed by atoms with Crippen molar-refractivity contribution >= 4 is 5.91 Å². The zero-order valence-corrected chi connectivity index (χ0v) is 11.3. The molecule has 0 aromatic heterocycles. The van der Waals surface area contributed by atoms with Gasteiger partial charge in [-0.2, -0.15) is 4.39 Å². The Kier molecular flexibility index (Phi) is 4.99. The SMILES string of the molecule is CCC(N)(CC)CNC(=O)c1cc(F)c(F)c(O)c1F. The van der Waals surface area contributed by atoms with E-state index in [1.165, 1.54) is 0 Å². The molecule has 0 bridgehead atoms. The largest absolute Gasteiger partial charge is 0.503 e. The molecule has 0 heterocycles. The van der Waals surface area contributed by atoms with E-state index in [0.717, 1.165) is 0 Å². The van der Waals surface area contributed by atoms with Gasteiger partial charge in [0.15, 0.2) is 17.4 Å². The van der Waals surface area contributed by atoms with E-state index in [0.29, 0.717) is 18.9 Å². The van der Waals surface area contributed by atoms with E-state index in [-0.39, 0.29) is 6.54 Å². The number of nitrogens with two attached hydrogens (primary N) is 1. The fourth-order valence-electron chi connectivity index (χ4n) is 1.61. The van der Waals surface area contributed by atoms with Gasteiger partial charge in [-0.1, -0.05) is 13.8 Å². The second-order valence-electron chi connectivity index (χ2n) is 4.63. The van der Waals surface area contributed by atoms with Crippen molar-refractivity contribution in [1.82, 2.24) is 5.32 Å². The number of aromatic hydroxyl groups is 1. The van der Waals surface area contributed by atoms with Crippen LogP contribution >= 0.6 is 0 Å². The minimum atomic E-state index is -1.73. The number of phenolic OH excluding ortho intramolecular Hbond substituents is 1. The van der Waals surface area contributed by atoms with Crippen LogP contribution in [-0.4, -0.2) is 23.1 Å². The van der Waals surface area contributed by atoms with Gasteiger partial charge in [0.05, 0.1) is 5.56 Å². The second kappa shape index (κ2) is 6.13. The third-order valence-electron chi connectivity index (χ3n) is 3.39. The van der Waals surface area contributed by atoms with E-state index in [4.69, 9.17) is 10.8 Å². The minimum Gasteiger partial charge on any atom is -0.503 e. The smallest absolute Gasteiger partial charge is 0.254 e. The number of benzene rings is 1. The summed E-state index contributed by atoms with van der Waals surface area (Å²) in [5.41, 5.74) is 4.53. The molecule has 1 amide bonds. The highest BCUT2D eigenvalue weighted by Crippen LogP contribution is 2.25. The molecule has 0 atom stereocenters. The van der Waals surface area contributed by atoms with Gasteiger partial charge in [-0.25, -0.2) is 8.78 Å². The molecule has 0 saturated carbocycles. The monoisotopic (exact) mass is 290 g/mol. The summed E-state index contributed by atoms with van der Waals surface area (Å²) in [6.45, 7) is 3.72. The Morgan fingerprint density at radius 3 is 2.35 bits per heavy atom. The quantitative estimate of drug-likeness (QED) is 0.727. The predicted molar refractivity (Wildman–Crippen MR) is 67.8 cm³/mol. The normalized spacial score (nSPS) is 11.5. The molecule has 0 unspecified atom stereocenters. The topological polar surface area (TPSA) is 75.3 Å². The third-order valence-corrected chi connectivity index (χ3v) is 3.39. The van der Waals surface area contributed by atoms with Crippen molar-refractivity contribution < 1.29 is 23.1 Å². The summed E-state index contributed by atoms with van der Waals surface area (Å²) in [4.78, 5) is 11.8. The number of nitrogens with one attached hydrogen (secondary N) is 1. The Bertz CT molecular complexity index is 517. The first-order valence-corrected chi connectivity index (χ1v) is 6.19. The molecule has 0 fully saturated rings. The van der Waals surface area contributed by atoms with Crippen molar-refractivity contribution in [2.45, 2.75) is 32.2 Å². The van der Waals surface area contributed by atoms with Crippen LogP contribution in [0.15, 0.2) is 6.07 Å². The molecule has 4 nitrogen and oxygen atoms in total. The lowest BCUT2D eigenvalue weighted by atomic mass is 9.94. The maximum Gasteiger partial charge on any atom is 0.254 e. The zero-order valence-electron chi connectivity index (χ0n) is 11.3. The number of halogens is 3. The molecule has 7 heteroatoms. The molecular weight excluding hydrogens is 273 g/mol. The second-order valence-corrected chi connectivity index (χ2v) is 4.63. The first kappa shape index (κ1) is 16.3. The van der Waals surface area contributed by atoms with Gasteiger partial charge in [0, 0.05) is 12.1 Å². The maximum atomic E-state index is 13.5. The van der Waals surface area contributed by atoms with Crippen molar-refractivity contribution in [3.63, 3.8) is 0 Å². The van der Waals surface area contributed by atoms with Gasteiger partial charge in [0.1, 0.15) is 0 Å². The third kappa shape index (κ3) is 3.22. The number of hydrogen-bond acceptors (Lipinski definition) is 3. The number of carbonyl (C=O) groups is 1. The van der Waals surface area contributed by atoms with E-state index in [1.807, 2.05) is 13.8 Å². The first-order valence-electron chi connectivity index (χ1n) is 6.19. The van der Waals surface area contributed by atoms with Gasteiger partial charge in [0.2, 0.25) is 5.82 Å². The number of hydrogen-bond donors (Lipinski definition) is 3. The average molecular weight is 290 g/mol. The molecule has 20 heavy (non-hydrogen) atoms. The Hall–Kier alpha value is -1.76. The maximum absolute atomic E-state index is 13.5. The molecule has 1 rings (SSSR count). The summed E-state index contributed by atoms with van der Waals surface area (Å²) >= 11 is 0. The molecule has 112 valence electrons. The van der Waals surface area contributed by atoms with Crippen molar-refractivity contribution in [2.24, 2.45) is 5.73 Å². The van der Waals surface area contributed by atoms with E-state index in [9.17, 15) is 18.0 Å². The highest BCUT2D eigenvalue weighted by atomic mass is 19.2. The summed E-state index contributed by atoms with van der Waals surface area (Å²) in [6.07, 6.45) is 1.16. The molecule has 1 aromatic rings. The molecule has 0 spiro atoms. The molecule has 0 saturated heterocycles. The predicted octanol–water partition coefficient (Wildman–Crippen LogP) is 2.06. The van der Waals surface area contributed by atoms with Crippen molar-refractivity contribution in [3.8, 4) is 5.75 Å². The summed E-state index contributed by atoms with van der Waals surface area (Å²) in [7, 11) is 0. The Morgan fingerprint density at radius 2 is 1.85 bits per heavy atom. The standard InChI is InChI=1S/C13H17F3N2O2/c1-3-13(17,4-2)6-18-12(20)7-5-8(14)10(16)11(19)9(7)15/h5,19H,3-4,6,17H2,1-2H3,(H,18,20). The number of amides is 1. The fourth-order valence-corrected chi connectivity index (χ4v) is 1.61. The molecule has 1 aromatic carbocycles. The van der Waals surface area contributed by atoms with Gasteiger partial charge in [-0.05, 0) is 18.9 Å². The summed E-state index contributed by atoms with van der Waals surface area (Å²) in [5, 5.41) is 11.4. The lowest BCUT2D eigenvalue weighted by Crippen LogP contribution is -2.49. The highest BCUT2D eigenvalue weighted by Gasteiger charge is 2.25. The summed E-state index contributed by atoms with van der Waals surface area (Å²) in [5.74, 6) is -7.21. The molecule has 4 N–H and O–H groups in total. The molecule has 0 aliphatic heterocycles. The van der Waals surface area contributed by atoms with Crippen molar-refractivity contribution in [1.29, 1.82) is 0 Å². The Morgan fingerprint density at radius 1 is 1.30 bits per heavy atom. The fraction of sp³-hybridized carbons (Fsp3) is 0.462. The van der Waals surface area contributed by atoms with Gasteiger partial charge in [-0.3, -0.25) is 4.79 Å². The minimum absolute atomic E-state index is 0.0536. The van der Waals surface area contributed by atoms with Crippen LogP contribution < -0.4 is 11.1 Å². The molecular formula is C13H17F3N2O2. The van der Waals surface area contributed by atoms with Crippen LogP contribution in [0, 0.1) is 17.5 Å². The lowest BCUT2D eigenvalue weighted by Gasteiger charge is -2.26. The first-order chi connectivity index (χ1) is 9.25. The Labute approximate surface area is 114 Å². The molecule has 0 radical (unpaired) electrons. The van der Waals surface area contributed by atoms with Crippen molar-refractivity contribution in [3.05, 3.63) is 29.1 Å². The number of rotatable bonds is 5. The number of carbonyl (C=O) groups excluding carboxylic acids is 1. The van der Waals surface area contributed by atoms with Crippen LogP contribution in [0.4, 0.5) is 13.2 Å². The number of phenols is 1. The van der Waals surface area contributed by atoms with Crippen LogP contribution in [-0.2, 0) is 0 Å². The molecule has 0 aliphatic carbocycles. The van der Waals surface area contributed by atoms with Gasteiger partial charge >= 0.3 is 0 Å². The van der Waals surface area contributed by atoms with E-state index in [2.05, 4.69) is 5.32 Å². The van der Waals surface area contributed by atoms with E-state index >= 15 is 0 Å². The highest BCUT2D eigenvalue weighted by molar-refractivity contribution is 5.95. The molecule has 0 aliphatic rings. The summed E-state index contributed by atoms with van der Waals surface area (Å²) in [6, 6.07) is 0.399.